The number of methoxy groups -OCH3 is 1. The molecular formula is C17H16N2O4. The molecule has 0 aliphatic carbocycles. The lowest BCUT2D eigenvalue weighted by Gasteiger charge is -2.24. The number of esters is 1. The molecule has 1 heterocycles. The quantitative estimate of drug-likeness (QED) is 0.358. The first kappa shape index (κ1) is 16.4. The summed E-state index contributed by atoms with van der Waals surface area (Å²) < 4.78 is 4.80. The van der Waals surface area contributed by atoms with Crippen LogP contribution in [0, 0.1) is 12.5 Å². The van der Waals surface area contributed by atoms with Crippen LogP contribution in [0.4, 0.5) is 0 Å². The predicted molar refractivity (Wildman–Crippen MR) is 81.8 cm³/mol. The van der Waals surface area contributed by atoms with E-state index in [0.29, 0.717) is 5.56 Å². The maximum Gasteiger partial charge on any atom is 0.399 e. The summed E-state index contributed by atoms with van der Waals surface area (Å²) in [7, 11) is 1.16. The number of carbonyl (C=O) groups excluding carboxylic acids is 3. The molecule has 6 heteroatoms. The lowest BCUT2D eigenvalue weighted by Crippen LogP contribution is -2.45. The van der Waals surface area contributed by atoms with E-state index in [4.69, 9.17) is 11.3 Å². The molecule has 2 rings (SSSR count). The summed E-state index contributed by atoms with van der Waals surface area (Å²) in [6.07, 6.45) is 1.22. The van der Waals surface area contributed by atoms with Crippen molar-refractivity contribution in [2.75, 3.05) is 13.7 Å². The molecule has 6 nitrogen and oxygen atoms in total. The van der Waals surface area contributed by atoms with Gasteiger partial charge in [0.2, 0.25) is 11.8 Å². The fraction of sp³-hybridized carbons (Fsp3) is 0.294. The minimum atomic E-state index is -1.86. The molecule has 0 unspecified atom stereocenters. The first-order chi connectivity index (χ1) is 11.0. The summed E-state index contributed by atoms with van der Waals surface area (Å²) >= 11 is 0. The number of nitrogens with zero attached hydrogens (tertiary/aromatic N) is 2. The van der Waals surface area contributed by atoms with Crippen molar-refractivity contribution < 1.29 is 19.1 Å². The van der Waals surface area contributed by atoms with Crippen LogP contribution in [0.5, 0.6) is 0 Å². The molecule has 2 amide bonds. The van der Waals surface area contributed by atoms with Crippen molar-refractivity contribution in [1.29, 1.82) is 0 Å². The zero-order valence-corrected chi connectivity index (χ0v) is 12.7. The van der Waals surface area contributed by atoms with Gasteiger partial charge in [0, 0.05) is 18.5 Å². The second kappa shape index (κ2) is 6.44. The van der Waals surface area contributed by atoms with Crippen LogP contribution in [0.25, 0.3) is 4.85 Å². The minimum Gasteiger partial charge on any atom is -0.463 e. The van der Waals surface area contributed by atoms with Gasteiger partial charge in [0.25, 0.3) is 0 Å². The average molecular weight is 312 g/mol. The molecule has 0 spiro atoms. The second-order valence-electron chi connectivity index (χ2n) is 5.12. The Morgan fingerprint density at radius 3 is 2.65 bits per heavy atom. The number of hydrogen-bond donors (Lipinski definition) is 0. The van der Waals surface area contributed by atoms with Gasteiger partial charge in [-0.1, -0.05) is 36.4 Å². The molecule has 118 valence electrons. The number of ether oxygens (including phenoxy) is 1. The van der Waals surface area contributed by atoms with E-state index in [0.717, 1.165) is 12.0 Å². The summed E-state index contributed by atoms with van der Waals surface area (Å²) in [5.74, 6) is -2.93. The van der Waals surface area contributed by atoms with E-state index in [1.807, 2.05) is 0 Å². The van der Waals surface area contributed by atoms with Gasteiger partial charge < -0.3 is 4.74 Å². The Labute approximate surface area is 134 Å². The number of amides is 2. The third-order valence-corrected chi connectivity index (χ3v) is 3.95. The van der Waals surface area contributed by atoms with E-state index in [1.165, 1.54) is 6.08 Å². The highest BCUT2D eigenvalue weighted by Gasteiger charge is 2.63. The standard InChI is InChI=1S/C17H16N2O4/c1-4-10-19-14(20)11-13(15(19)21)17(18-2,16(22)23-3)12-8-6-5-7-9-12/h4-9,13H,1,10-11H2,3H3/t13-,17+/m0/s1. The monoisotopic (exact) mass is 312 g/mol. The Bertz CT molecular complexity index is 692. The zero-order chi connectivity index (χ0) is 17.0. The van der Waals surface area contributed by atoms with Crippen molar-refractivity contribution in [3.8, 4) is 0 Å². The van der Waals surface area contributed by atoms with E-state index < -0.39 is 29.2 Å². The number of likely N-dealkylation sites (tertiary alicyclic amines) is 1. The van der Waals surface area contributed by atoms with Crippen molar-refractivity contribution in [2.24, 2.45) is 5.92 Å². The highest BCUT2D eigenvalue weighted by Crippen LogP contribution is 2.41. The molecule has 1 fully saturated rings. The highest BCUT2D eigenvalue weighted by molar-refractivity contribution is 6.07. The number of imide groups is 1. The molecule has 2 atom stereocenters. The van der Waals surface area contributed by atoms with Crippen LogP contribution in [0.1, 0.15) is 12.0 Å². The van der Waals surface area contributed by atoms with E-state index >= 15 is 0 Å². The fourth-order valence-corrected chi connectivity index (χ4v) is 2.83. The molecule has 1 aromatic rings. The van der Waals surface area contributed by atoms with Gasteiger partial charge in [-0.05, 0) is 0 Å². The van der Waals surface area contributed by atoms with Gasteiger partial charge in [-0.25, -0.2) is 11.4 Å². The molecular weight excluding hydrogens is 296 g/mol. The maximum absolute atomic E-state index is 12.6. The van der Waals surface area contributed by atoms with Gasteiger partial charge in [-0.2, -0.15) is 0 Å². The maximum atomic E-state index is 12.6. The van der Waals surface area contributed by atoms with Crippen LogP contribution in [0.15, 0.2) is 43.0 Å². The summed E-state index contributed by atoms with van der Waals surface area (Å²) in [6, 6.07) is 8.24. The van der Waals surface area contributed by atoms with Gasteiger partial charge in [-0.15, -0.1) is 6.58 Å². The first-order valence-corrected chi connectivity index (χ1v) is 7.00. The average Bonchev–Trinajstić information content (AvgIpc) is 2.86. The van der Waals surface area contributed by atoms with Crippen molar-refractivity contribution in [1.82, 2.24) is 4.90 Å². The normalized spacial score (nSPS) is 19.8. The van der Waals surface area contributed by atoms with Crippen molar-refractivity contribution >= 4 is 17.8 Å². The second-order valence-corrected chi connectivity index (χ2v) is 5.12. The SMILES string of the molecule is [C-]#[N+][C@](C(=O)OC)(c1ccccc1)[C@H]1CC(=O)N(CC=C)C1=O. The zero-order valence-electron chi connectivity index (χ0n) is 12.7. The lowest BCUT2D eigenvalue weighted by molar-refractivity contribution is -0.151. The van der Waals surface area contributed by atoms with Gasteiger partial charge in [-0.3, -0.25) is 19.3 Å². The first-order valence-electron chi connectivity index (χ1n) is 7.00. The summed E-state index contributed by atoms with van der Waals surface area (Å²) in [5.41, 5.74) is -1.52. The van der Waals surface area contributed by atoms with Gasteiger partial charge >= 0.3 is 11.5 Å². The largest absolute Gasteiger partial charge is 0.463 e. The molecule has 1 aromatic carbocycles. The van der Waals surface area contributed by atoms with Crippen LogP contribution in [0.2, 0.25) is 0 Å². The van der Waals surface area contributed by atoms with Crippen LogP contribution in [-0.4, -0.2) is 36.3 Å². The van der Waals surface area contributed by atoms with Crippen molar-refractivity contribution in [3.63, 3.8) is 0 Å². The molecule has 23 heavy (non-hydrogen) atoms. The van der Waals surface area contributed by atoms with Crippen molar-refractivity contribution in [3.05, 3.63) is 60.0 Å². The molecule has 1 aliphatic rings. The Hall–Kier alpha value is -2.94. The van der Waals surface area contributed by atoms with Crippen LogP contribution < -0.4 is 0 Å². The number of rotatable bonds is 5. The Balaban J connectivity index is 2.58. The van der Waals surface area contributed by atoms with E-state index in [1.54, 1.807) is 30.3 Å². The third kappa shape index (κ3) is 2.50. The molecule has 1 saturated heterocycles. The topological polar surface area (TPSA) is 68.0 Å². The lowest BCUT2D eigenvalue weighted by atomic mass is 9.77. The van der Waals surface area contributed by atoms with Gasteiger partial charge in [0.15, 0.2) is 0 Å². The number of hydrogen-bond acceptors (Lipinski definition) is 4. The summed E-state index contributed by atoms with van der Waals surface area (Å²) in [6.45, 7) is 11.2. The van der Waals surface area contributed by atoms with Crippen molar-refractivity contribution in [2.45, 2.75) is 12.0 Å². The van der Waals surface area contributed by atoms with E-state index in [2.05, 4.69) is 11.4 Å². The minimum absolute atomic E-state index is 0.0538. The van der Waals surface area contributed by atoms with Crippen LogP contribution >= 0.6 is 0 Å². The smallest absolute Gasteiger partial charge is 0.399 e. The predicted octanol–water partition coefficient (Wildman–Crippen LogP) is 1.54. The third-order valence-electron chi connectivity index (χ3n) is 3.95. The molecule has 0 N–H and O–H groups in total. The van der Waals surface area contributed by atoms with Crippen LogP contribution in [-0.2, 0) is 24.7 Å². The fourth-order valence-electron chi connectivity index (χ4n) is 2.83. The molecule has 0 saturated carbocycles. The molecule has 0 radical (unpaired) electrons. The summed E-state index contributed by atoms with van der Waals surface area (Å²) in [4.78, 5) is 41.6. The molecule has 0 bridgehead atoms. The Morgan fingerprint density at radius 1 is 1.48 bits per heavy atom. The Kier molecular flexibility index (Phi) is 4.60. The number of benzene rings is 1. The molecule has 0 aromatic heterocycles. The summed E-state index contributed by atoms with van der Waals surface area (Å²) in [5, 5.41) is 0. The number of carbonyl (C=O) groups is 3. The Morgan fingerprint density at radius 2 is 2.13 bits per heavy atom. The van der Waals surface area contributed by atoms with Gasteiger partial charge in [0.1, 0.15) is 5.92 Å². The highest BCUT2D eigenvalue weighted by atomic mass is 16.5. The van der Waals surface area contributed by atoms with E-state index in [-0.39, 0.29) is 13.0 Å². The van der Waals surface area contributed by atoms with Gasteiger partial charge in [0.05, 0.1) is 7.11 Å². The van der Waals surface area contributed by atoms with Crippen LogP contribution in [0.3, 0.4) is 0 Å². The van der Waals surface area contributed by atoms with E-state index in [9.17, 15) is 14.4 Å². The molecule has 1 aliphatic heterocycles.